The topological polar surface area (TPSA) is 44.1 Å². The van der Waals surface area contributed by atoms with Gasteiger partial charge in [-0.25, -0.2) is 4.68 Å². The third-order valence-electron chi connectivity index (χ3n) is 2.75. The minimum Gasteiger partial charge on any atom is -0.484 e. The van der Waals surface area contributed by atoms with Gasteiger partial charge >= 0.3 is 0 Å². The molecule has 100 valence electrons. The van der Waals surface area contributed by atoms with Crippen LogP contribution in [0.3, 0.4) is 0 Å². The summed E-state index contributed by atoms with van der Waals surface area (Å²) in [4.78, 5) is 11.8. The second-order valence-electron chi connectivity index (χ2n) is 4.46. The van der Waals surface area contributed by atoms with Crippen LogP contribution in [-0.2, 0) is 0 Å². The molecule has 0 aliphatic carbocycles. The van der Waals surface area contributed by atoms with E-state index in [0.29, 0.717) is 5.75 Å². The standard InChI is InChI=1S/C14H15ClN2O2/c1-9-6-12(7-10(2)14(9)15)19-8-13(18)17-5-4-11(3)16-17/h4-7H,8H2,1-3H3. The van der Waals surface area contributed by atoms with Gasteiger partial charge in [0.05, 0.1) is 5.69 Å². The lowest BCUT2D eigenvalue weighted by atomic mass is 10.1. The van der Waals surface area contributed by atoms with Gasteiger partial charge < -0.3 is 4.74 Å². The number of carbonyl (C=O) groups excluding carboxylic acids is 1. The molecule has 2 aromatic rings. The first kappa shape index (κ1) is 13.6. The van der Waals surface area contributed by atoms with E-state index >= 15 is 0 Å². The predicted octanol–water partition coefficient (Wildman–Crippen LogP) is 3.18. The first-order valence-corrected chi connectivity index (χ1v) is 6.30. The molecular formula is C14H15ClN2O2. The molecule has 0 bridgehead atoms. The minimum absolute atomic E-state index is 0.0539. The van der Waals surface area contributed by atoms with Crippen molar-refractivity contribution in [2.45, 2.75) is 20.8 Å². The summed E-state index contributed by atoms with van der Waals surface area (Å²) in [7, 11) is 0. The van der Waals surface area contributed by atoms with Gasteiger partial charge in [-0.05, 0) is 50.1 Å². The summed E-state index contributed by atoms with van der Waals surface area (Å²) in [5.41, 5.74) is 2.66. The van der Waals surface area contributed by atoms with Crippen molar-refractivity contribution in [2.24, 2.45) is 0 Å². The van der Waals surface area contributed by atoms with Crippen molar-refractivity contribution in [2.75, 3.05) is 6.61 Å². The Labute approximate surface area is 116 Å². The van der Waals surface area contributed by atoms with Crippen molar-refractivity contribution < 1.29 is 9.53 Å². The van der Waals surface area contributed by atoms with Crippen LogP contribution in [0.5, 0.6) is 5.75 Å². The maximum Gasteiger partial charge on any atom is 0.284 e. The SMILES string of the molecule is Cc1ccn(C(=O)COc2cc(C)c(Cl)c(C)c2)n1. The largest absolute Gasteiger partial charge is 0.484 e. The monoisotopic (exact) mass is 278 g/mol. The molecule has 0 amide bonds. The van der Waals surface area contributed by atoms with E-state index < -0.39 is 0 Å². The number of ether oxygens (including phenoxy) is 1. The van der Waals surface area contributed by atoms with Crippen molar-refractivity contribution in [1.29, 1.82) is 0 Å². The van der Waals surface area contributed by atoms with Gasteiger partial charge in [0, 0.05) is 11.2 Å². The fraction of sp³-hybridized carbons (Fsp3) is 0.286. The molecule has 0 saturated carbocycles. The molecule has 0 saturated heterocycles. The number of carbonyl (C=O) groups is 1. The number of aromatic nitrogens is 2. The van der Waals surface area contributed by atoms with Crippen LogP contribution in [0.2, 0.25) is 5.02 Å². The zero-order valence-corrected chi connectivity index (χ0v) is 11.9. The predicted molar refractivity (Wildman–Crippen MR) is 74.0 cm³/mol. The number of benzene rings is 1. The van der Waals surface area contributed by atoms with E-state index in [4.69, 9.17) is 16.3 Å². The van der Waals surface area contributed by atoms with Gasteiger partial charge in [0.25, 0.3) is 5.91 Å². The van der Waals surface area contributed by atoms with E-state index in [9.17, 15) is 4.79 Å². The van der Waals surface area contributed by atoms with Crippen molar-refractivity contribution in [3.05, 3.63) is 46.2 Å². The van der Waals surface area contributed by atoms with E-state index in [1.54, 1.807) is 12.3 Å². The van der Waals surface area contributed by atoms with Crippen LogP contribution in [0.15, 0.2) is 24.4 Å². The zero-order chi connectivity index (χ0) is 14.0. The Morgan fingerprint density at radius 2 is 1.95 bits per heavy atom. The molecule has 0 aliphatic rings. The number of hydrogen-bond acceptors (Lipinski definition) is 3. The zero-order valence-electron chi connectivity index (χ0n) is 11.1. The number of hydrogen-bond donors (Lipinski definition) is 0. The molecule has 1 aromatic carbocycles. The number of rotatable bonds is 3. The van der Waals surface area contributed by atoms with Crippen LogP contribution in [-0.4, -0.2) is 22.3 Å². The van der Waals surface area contributed by atoms with Crippen LogP contribution in [0.4, 0.5) is 0 Å². The first-order chi connectivity index (χ1) is 8.97. The lowest BCUT2D eigenvalue weighted by Crippen LogP contribution is -2.19. The normalized spacial score (nSPS) is 10.5. The van der Waals surface area contributed by atoms with Gasteiger partial charge in [-0.1, -0.05) is 11.6 Å². The molecule has 0 fully saturated rings. The highest BCUT2D eigenvalue weighted by Gasteiger charge is 2.09. The molecule has 0 aliphatic heterocycles. The van der Waals surface area contributed by atoms with Gasteiger partial charge in [-0.3, -0.25) is 4.79 Å². The van der Waals surface area contributed by atoms with Gasteiger partial charge in [-0.2, -0.15) is 5.10 Å². The number of nitrogens with zero attached hydrogens (tertiary/aromatic N) is 2. The molecule has 0 N–H and O–H groups in total. The first-order valence-electron chi connectivity index (χ1n) is 5.92. The van der Waals surface area contributed by atoms with Gasteiger partial charge in [-0.15, -0.1) is 0 Å². The van der Waals surface area contributed by atoms with E-state index in [-0.39, 0.29) is 12.5 Å². The maximum absolute atomic E-state index is 11.8. The van der Waals surface area contributed by atoms with E-state index in [1.165, 1.54) is 4.68 Å². The average molecular weight is 279 g/mol. The molecule has 0 radical (unpaired) electrons. The fourth-order valence-corrected chi connectivity index (χ4v) is 1.86. The lowest BCUT2D eigenvalue weighted by molar-refractivity contribution is 0.0820. The second kappa shape index (κ2) is 5.45. The Bertz CT molecular complexity index is 597. The Morgan fingerprint density at radius 1 is 1.32 bits per heavy atom. The van der Waals surface area contributed by atoms with E-state index in [1.807, 2.05) is 32.9 Å². The third kappa shape index (κ3) is 3.15. The highest BCUT2D eigenvalue weighted by molar-refractivity contribution is 6.32. The van der Waals surface area contributed by atoms with Crippen molar-refractivity contribution in [3.63, 3.8) is 0 Å². The minimum atomic E-state index is -0.210. The third-order valence-corrected chi connectivity index (χ3v) is 3.35. The Balaban J connectivity index is 2.05. The van der Waals surface area contributed by atoms with Crippen LogP contribution in [0, 0.1) is 20.8 Å². The Hall–Kier alpha value is -1.81. The summed E-state index contributed by atoms with van der Waals surface area (Å²) in [5.74, 6) is 0.426. The molecule has 0 atom stereocenters. The van der Waals surface area contributed by atoms with Crippen LogP contribution in [0.25, 0.3) is 0 Å². The van der Waals surface area contributed by atoms with E-state index in [2.05, 4.69) is 5.10 Å². The molecule has 4 nitrogen and oxygen atoms in total. The molecule has 19 heavy (non-hydrogen) atoms. The molecule has 2 rings (SSSR count). The summed E-state index contributed by atoms with van der Waals surface area (Å²) in [6, 6.07) is 5.41. The van der Waals surface area contributed by atoms with Crippen molar-refractivity contribution in [3.8, 4) is 5.75 Å². The smallest absolute Gasteiger partial charge is 0.284 e. The van der Waals surface area contributed by atoms with E-state index in [0.717, 1.165) is 21.8 Å². The second-order valence-corrected chi connectivity index (χ2v) is 4.83. The quantitative estimate of drug-likeness (QED) is 0.866. The van der Waals surface area contributed by atoms with Crippen LogP contribution < -0.4 is 4.74 Å². The lowest BCUT2D eigenvalue weighted by Gasteiger charge is -2.09. The molecular weight excluding hydrogens is 264 g/mol. The summed E-state index contributed by atoms with van der Waals surface area (Å²) in [6.07, 6.45) is 1.62. The highest BCUT2D eigenvalue weighted by Crippen LogP contribution is 2.25. The van der Waals surface area contributed by atoms with Crippen LogP contribution in [0.1, 0.15) is 21.6 Å². The Kier molecular flexibility index (Phi) is 3.90. The summed E-state index contributed by atoms with van der Waals surface area (Å²) in [5, 5.41) is 4.76. The number of aryl methyl sites for hydroxylation is 3. The maximum atomic E-state index is 11.8. The average Bonchev–Trinajstić information content (AvgIpc) is 2.79. The van der Waals surface area contributed by atoms with Crippen molar-refractivity contribution in [1.82, 2.24) is 9.78 Å². The molecule has 0 unspecified atom stereocenters. The molecule has 1 heterocycles. The summed E-state index contributed by atoms with van der Waals surface area (Å²) in [6.45, 7) is 5.58. The molecule has 5 heteroatoms. The Morgan fingerprint density at radius 3 is 2.47 bits per heavy atom. The molecule has 0 spiro atoms. The van der Waals surface area contributed by atoms with Gasteiger partial charge in [0.15, 0.2) is 6.61 Å². The summed E-state index contributed by atoms with van der Waals surface area (Å²) >= 11 is 6.07. The van der Waals surface area contributed by atoms with Crippen LogP contribution >= 0.6 is 11.6 Å². The fourth-order valence-electron chi connectivity index (χ4n) is 1.75. The molecule has 1 aromatic heterocycles. The highest BCUT2D eigenvalue weighted by atomic mass is 35.5. The van der Waals surface area contributed by atoms with Gasteiger partial charge in [0.2, 0.25) is 0 Å². The van der Waals surface area contributed by atoms with Crippen molar-refractivity contribution >= 4 is 17.5 Å². The summed E-state index contributed by atoms with van der Waals surface area (Å²) < 4.78 is 6.76. The number of halogens is 1. The van der Waals surface area contributed by atoms with Gasteiger partial charge in [0.1, 0.15) is 5.75 Å².